The Morgan fingerprint density at radius 2 is 2.22 bits per heavy atom. The summed E-state index contributed by atoms with van der Waals surface area (Å²) < 4.78 is 4.77. The first-order chi connectivity index (χ1) is 8.61. The summed E-state index contributed by atoms with van der Waals surface area (Å²) in [6, 6.07) is 0. The first kappa shape index (κ1) is 12.5. The number of likely N-dealkylation sites (N-methyl/N-ethyl adjacent to an activating group) is 1. The third-order valence-corrected chi connectivity index (χ3v) is 2.68. The molecule has 7 nitrogen and oxygen atoms in total. The smallest absolute Gasteiger partial charge is 0.325 e. The number of nitrogens with one attached hydrogen (secondary N) is 1. The van der Waals surface area contributed by atoms with Crippen molar-refractivity contribution in [1.29, 1.82) is 0 Å². The summed E-state index contributed by atoms with van der Waals surface area (Å²) in [5, 5.41) is 6.63. The van der Waals surface area contributed by atoms with Gasteiger partial charge in [0.1, 0.15) is 12.4 Å². The van der Waals surface area contributed by atoms with Gasteiger partial charge >= 0.3 is 5.97 Å². The van der Waals surface area contributed by atoms with Gasteiger partial charge in [0.2, 0.25) is 5.82 Å². The van der Waals surface area contributed by atoms with Crippen LogP contribution in [0.3, 0.4) is 0 Å². The number of hydrogen-bond donors (Lipinski definition) is 1. The second-order valence-corrected chi connectivity index (χ2v) is 4.28. The van der Waals surface area contributed by atoms with Crippen molar-refractivity contribution in [2.24, 2.45) is 0 Å². The number of carbonyl (C=O) groups excluding carboxylic acids is 2. The molecule has 7 heteroatoms. The van der Waals surface area contributed by atoms with Gasteiger partial charge in [0.05, 0.1) is 6.61 Å². The summed E-state index contributed by atoms with van der Waals surface area (Å²) in [6.07, 6.45) is 2.17. The van der Waals surface area contributed by atoms with Gasteiger partial charge in [-0.2, -0.15) is 0 Å². The van der Waals surface area contributed by atoms with Crippen LogP contribution in [0.2, 0.25) is 0 Å². The van der Waals surface area contributed by atoms with Crippen LogP contribution in [0.15, 0.2) is 0 Å². The number of ether oxygens (including phenoxy) is 1. The van der Waals surface area contributed by atoms with E-state index in [1.165, 1.54) is 11.9 Å². The Morgan fingerprint density at radius 3 is 2.83 bits per heavy atom. The Bertz CT molecular complexity index is 453. The van der Waals surface area contributed by atoms with Crippen LogP contribution in [0.5, 0.6) is 0 Å². The molecule has 0 atom stereocenters. The topological polar surface area (TPSA) is 88.2 Å². The van der Waals surface area contributed by atoms with Gasteiger partial charge in [0, 0.05) is 13.0 Å². The van der Waals surface area contributed by atoms with E-state index in [2.05, 4.69) is 15.2 Å². The van der Waals surface area contributed by atoms with Gasteiger partial charge in [-0.1, -0.05) is 0 Å². The maximum absolute atomic E-state index is 11.9. The minimum Gasteiger partial charge on any atom is -0.465 e. The third kappa shape index (κ3) is 2.85. The lowest BCUT2D eigenvalue weighted by Gasteiger charge is -2.13. The van der Waals surface area contributed by atoms with Gasteiger partial charge in [-0.25, -0.2) is 4.98 Å². The molecule has 1 N–H and O–H groups in total. The van der Waals surface area contributed by atoms with Crippen molar-refractivity contribution in [3.63, 3.8) is 0 Å². The fraction of sp³-hybridized carbons (Fsp3) is 0.636. The number of aromatic nitrogens is 3. The number of H-pyrrole nitrogens is 1. The quantitative estimate of drug-likeness (QED) is 0.762. The zero-order chi connectivity index (χ0) is 13.1. The Kier molecular flexibility index (Phi) is 3.59. The first-order valence-corrected chi connectivity index (χ1v) is 5.95. The number of esters is 1. The monoisotopic (exact) mass is 252 g/mol. The van der Waals surface area contributed by atoms with E-state index in [4.69, 9.17) is 4.74 Å². The standard InChI is InChI=1S/C11H16N4O3/c1-3-18-8(16)6-15(2)11(17)10-12-9(13-14-10)7-4-5-7/h7H,3-6H2,1-2H3,(H,12,13,14). The van der Waals surface area contributed by atoms with E-state index in [0.29, 0.717) is 12.5 Å². The Hall–Kier alpha value is -1.92. The molecular formula is C11H16N4O3. The molecule has 1 aliphatic carbocycles. The number of nitrogens with zero attached hydrogens (tertiary/aromatic N) is 3. The molecule has 98 valence electrons. The second-order valence-electron chi connectivity index (χ2n) is 4.28. The van der Waals surface area contributed by atoms with E-state index in [9.17, 15) is 9.59 Å². The first-order valence-electron chi connectivity index (χ1n) is 5.95. The number of hydrogen-bond acceptors (Lipinski definition) is 5. The highest BCUT2D eigenvalue weighted by molar-refractivity contribution is 5.92. The lowest BCUT2D eigenvalue weighted by Crippen LogP contribution is -2.33. The molecule has 0 spiro atoms. The molecule has 1 heterocycles. The molecule has 1 aliphatic rings. The molecule has 1 saturated carbocycles. The van der Waals surface area contributed by atoms with Crippen molar-refractivity contribution in [2.45, 2.75) is 25.7 Å². The van der Waals surface area contributed by atoms with E-state index >= 15 is 0 Å². The average molecular weight is 252 g/mol. The van der Waals surface area contributed by atoms with Gasteiger partial charge in [0.25, 0.3) is 5.91 Å². The zero-order valence-electron chi connectivity index (χ0n) is 10.5. The predicted octanol–water partition coefficient (Wildman–Crippen LogP) is 0.317. The number of carbonyl (C=O) groups is 2. The van der Waals surface area contributed by atoms with E-state index < -0.39 is 5.97 Å². The third-order valence-electron chi connectivity index (χ3n) is 2.68. The lowest BCUT2D eigenvalue weighted by molar-refractivity contribution is -0.143. The molecule has 0 unspecified atom stereocenters. The van der Waals surface area contributed by atoms with Crippen LogP contribution in [0.4, 0.5) is 0 Å². The average Bonchev–Trinajstić information content (AvgIpc) is 3.06. The maximum Gasteiger partial charge on any atom is 0.325 e. The van der Waals surface area contributed by atoms with Gasteiger partial charge in [0.15, 0.2) is 0 Å². The Balaban J connectivity index is 1.94. The summed E-state index contributed by atoms with van der Waals surface area (Å²) in [6.45, 7) is 1.92. The maximum atomic E-state index is 11.9. The molecule has 0 aliphatic heterocycles. The van der Waals surface area contributed by atoms with Gasteiger partial charge in [-0.05, 0) is 19.8 Å². The van der Waals surface area contributed by atoms with E-state index in [1.807, 2.05) is 0 Å². The molecular weight excluding hydrogens is 236 g/mol. The minimum absolute atomic E-state index is 0.0972. The van der Waals surface area contributed by atoms with Crippen molar-refractivity contribution < 1.29 is 14.3 Å². The molecule has 0 aromatic carbocycles. The SMILES string of the molecule is CCOC(=O)CN(C)C(=O)c1n[nH]c(C2CC2)n1. The van der Waals surface area contributed by atoms with Crippen LogP contribution in [0.25, 0.3) is 0 Å². The van der Waals surface area contributed by atoms with Crippen LogP contribution < -0.4 is 0 Å². The molecule has 0 radical (unpaired) electrons. The summed E-state index contributed by atoms with van der Waals surface area (Å²) in [4.78, 5) is 28.5. The molecule has 1 fully saturated rings. The normalized spacial score (nSPS) is 14.3. The Labute approximate surface area is 105 Å². The van der Waals surface area contributed by atoms with Crippen LogP contribution in [0, 0.1) is 0 Å². The molecule has 0 saturated heterocycles. The van der Waals surface area contributed by atoms with Crippen molar-refractivity contribution >= 4 is 11.9 Å². The van der Waals surface area contributed by atoms with Crippen LogP contribution in [-0.4, -0.2) is 52.2 Å². The van der Waals surface area contributed by atoms with Crippen molar-refractivity contribution in [1.82, 2.24) is 20.1 Å². The minimum atomic E-state index is -0.439. The molecule has 1 amide bonds. The fourth-order valence-corrected chi connectivity index (χ4v) is 1.55. The van der Waals surface area contributed by atoms with Crippen LogP contribution in [-0.2, 0) is 9.53 Å². The predicted molar refractivity (Wildman–Crippen MR) is 62.0 cm³/mol. The van der Waals surface area contributed by atoms with Gasteiger partial charge in [-0.3, -0.25) is 14.7 Å². The largest absolute Gasteiger partial charge is 0.465 e. The van der Waals surface area contributed by atoms with E-state index in [-0.39, 0.29) is 18.3 Å². The van der Waals surface area contributed by atoms with Crippen molar-refractivity contribution in [3.05, 3.63) is 11.6 Å². The highest BCUT2D eigenvalue weighted by Crippen LogP contribution is 2.37. The Morgan fingerprint density at radius 1 is 1.50 bits per heavy atom. The zero-order valence-corrected chi connectivity index (χ0v) is 10.5. The fourth-order valence-electron chi connectivity index (χ4n) is 1.55. The second kappa shape index (κ2) is 5.16. The summed E-state index contributed by atoms with van der Waals surface area (Å²) in [5.41, 5.74) is 0. The summed E-state index contributed by atoms with van der Waals surface area (Å²) in [5.74, 6) is 0.443. The lowest BCUT2D eigenvalue weighted by atomic mass is 10.4. The van der Waals surface area contributed by atoms with Crippen LogP contribution in [0.1, 0.15) is 42.1 Å². The van der Waals surface area contributed by atoms with Crippen molar-refractivity contribution in [3.8, 4) is 0 Å². The van der Waals surface area contributed by atoms with Gasteiger partial charge in [-0.15, -0.1) is 5.10 Å². The van der Waals surface area contributed by atoms with Gasteiger partial charge < -0.3 is 9.64 Å². The summed E-state index contributed by atoms with van der Waals surface area (Å²) >= 11 is 0. The molecule has 1 aromatic rings. The highest BCUT2D eigenvalue weighted by Gasteiger charge is 2.29. The number of aromatic amines is 1. The summed E-state index contributed by atoms with van der Waals surface area (Å²) in [7, 11) is 1.52. The molecule has 18 heavy (non-hydrogen) atoms. The van der Waals surface area contributed by atoms with E-state index in [0.717, 1.165) is 18.7 Å². The number of amides is 1. The molecule has 0 bridgehead atoms. The van der Waals surface area contributed by atoms with Crippen molar-refractivity contribution in [2.75, 3.05) is 20.2 Å². The van der Waals surface area contributed by atoms with E-state index in [1.54, 1.807) is 6.92 Å². The number of rotatable bonds is 5. The molecule has 2 rings (SSSR count). The molecule has 1 aromatic heterocycles. The highest BCUT2D eigenvalue weighted by atomic mass is 16.5. The van der Waals surface area contributed by atoms with Crippen LogP contribution >= 0.6 is 0 Å².